The maximum atomic E-state index is 6.95. The van der Waals surface area contributed by atoms with Crippen LogP contribution in [0.1, 0.15) is 184 Å². The van der Waals surface area contributed by atoms with Gasteiger partial charge in [-0.05, 0) is 51.4 Å². The normalized spacial score (nSPS) is 14.0. The molecule has 0 aromatic carbocycles. The average molecular weight is 671 g/mol. The van der Waals surface area contributed by atoms with Gasteiger partial charge in [-0.2, -0.15) is 0 Å². The molecule has 7 nitrogen and oxygen atoms in total. The second-order valence-corrected chi connectivity index (χ2v) is 12.5. The summed E-state index contributed by atoms with van der Waals surface area (Å²) in [5.41, 5.74) is 0. The Balaban J connectivity index is 6.99. The van der Waals surface area contributed by atoms with Crippen molar-refractivity contribution in [1.82, 2.24) is 0 Å². The fourth-order valence-corrected chi connectivity index (χ4v) is 4.94. The van der Waals surface area contributed by atoms with Crippen molar-refractivity contribution in [3.8, 4) is 0 Å². The van der Waals surface area contributed by atoms with E-state index < -0.39 is 12.6 Å². The molecule has 0 bridgehead atoms. The van der Waals surface area contributed by atoms with E-state index in [1.807, 2.05) is 0 Å². The molecule has 0 aromatic heterocycles. The third kappa shape index (κ3) is 23.5. The Morgan fingerprint density at radius 3 is 1.02 bits per heavy atom. The summed E-state index contributed by atoms with van der Waals surface area (Å²) in [4.78, 5) is 0. The zero-order chi connectivity index (χ0) is 34.8. The number of rotatable bonds is 36. The molecule has 0 aliphatic carbocycles. The van der Waals surface area contributed by atoms with Crippen LogP contribution in [-0.2, 0) is 33.2 Å². The van der Waals surface area contributed by atoms with Crippen molar-refractivity contribution in [2.45, 2.75) is 196 Å². The summed E-state index contributed by atoms with van der Waals surface area (Å²) in [6.07, 6.45) is 19.0. The maximum absolute atomic E-state index is 6.95. The fourth-order valence-electron chi connectivity index (χ4n) is 4.94. The molecule has 2 atom stereocenters. The molecule has 280 valence electrons. The molecule has 0 saturated heterocycles. The predicted octanol–water partition coefficient (Wildman–Crippen LogP) is 12.1. The van der Waals surface area contributed by atoms with Gasteiger partial charge in [0.1, 0.15) is 11.5 Å². The highest BCUT2D eigenvalue weighted by Gasteiger charge is 2.32. The Labute approximate surface area is 291 Å². The number of ether oxygens (including phenoxy) is 7. The Hall–Kier alpha value is -1.44. The summed E-state index contributed by atoms with van der Waals surface area (Å²) in [5, 5.41) is 0. The van der Waals surface area contributed by atoms with E-state index in [0.717, 1.165) is 114 Å². The summed E-state index contributed by atoms with van der Waals surface area (Å²) < 4.78 is 46.0. The molecule has 47 heavy (non-hydrogen) atoms. The van der Waals surface area contributed by atoms with Crippen LogP contribution in [0, 0.1) is 0 Å². The summed E-state index contributed by atoms with van der Waals surface area (Å²) in [6.45, 7) is 20.9. The molecule has 0 rings (SSSR count). The lowest BCUT2D eigenvalue weighted by Crippen LogP contribution is -2.34. The van der Waals surface area contributed by atoms with Gasteiger partial charge in [0.2, 0.25) is 12.6 Å². The zero-order valence-electron chi connectivity index (χ0n) is 32.4. The molecule has 0 heterocycles. The van der Waals surface area contributed by atoms with Crippen molar-refractivity contribution < 1.29 is 33.2 Å². The van der Waals surface area contributed by atoms with Crippen LogP contribution in [0.2, 0.25) is 0 Å². The lowest BCUT2D eigenvalue weighted by molar-refractivity contribution is -0.243. The van der Waals surface area contributed by atoms with E-state index in [4.69, 9.17) is 33.2 Å². The standard InChI is InChI=1S/C40H78O7/c1-9-17-21-25-33-45-39(37(43-31-15-7)35(41-29-13-5)27-23-19-11-3)47-40(46-34-26-22-18-10-2)38(44-32-16-8)36(42-30-14-6)28-24-20-12-4/h39-40H,9-34H2,1-8H3. The monoisotopic (exact) mass is 671 g/mol. The molecule has 0 aromatic rings. The molecular weight excluding hydrogens is 592 g/mol. The highest BCUT2D eigenvalue weighted by molar-refractivity contribution is 5.09. The number of hydrogen-bond acceptors (Lipinski definition) is 7. The van der Waals surface area contributed by atoms with E-state index in [-0.39, 0.29) is 0 Å². The minimum Gasteiger partial charge on any atom is -0.494 e. The first-order chi connectivity index (χ1) is 23.1. The van der Waals surface area contributed by atoms with Crippen molar-refractivity contribution >= 4 is 0 Å². The van der Waals surface area contributed by atoms with E-state index in [0.29, 0.717) is 51.2 Å². The highest BCUT2D eigenvalue weighted by atomic mass is 16.8. The van der Waals surface area contributed by atoms with Crippen LogP contribution in [0.25, 0.3) is 0 Å². The van der Waals surface area contributed by atoms with Crippen LogP contribution in [0.3, 0.4) is 0 Å². The number of allylic oxidation sites excluding steroid dienone is 2. The van der Waals surface area contributed by atoms with Gasteiger partial charge in [0.25, 0.3) is 0 Å². The molecule has 0 saturated carbocycles. The van der Waals surface area contributed by atoms with E-state index in [9.17, 15) is 0 Å². The maximum Gasteiger partial charge on any atom is 0.223 e. The van der Waals surface area contributed by atoms with Crippen molar-refractivity contribution in [1.29, 1.82) is 0 Å². The minimum atomic E-state index is -0.791. The topological polar surface area (TPSA) is 64.6 Å². The van der Waals surface area contributed by atoms with Crippen LogP contribution in [0.5, 0.6) is 0 Å². The smallest absolute Gasteiger partial charge is 0.223 e. The van der Waals surface area contributed by atoms with Crippen LogP contribution >= 0.6 is 0 Å². The van der Waals surface area contributed by atoms with Crippen LogP contribution in [0.15, 0.2) is 23.0 Å². The molecule has 0 fully saturated rings. The average Bonchev–Trinajstić information content (AvgIpc) is 3.08. The second-order valence-electron chi connectivity index (χ2n) is 12.5. The van der Waals surface area contributed by atoms with Gasteiger partial charge < -0.3 is 33.2 Å². The van der Waals surface area contributed by atoms with Crippen molar-refractivity contribution in [2.75, 3.05) is 39.6 Å². The van der Waals surface area contributed by atoms with Crippen molar-refractivity contribution in [3.63, 3.8) is 0 Å². The largest absolute Gasteiger partial charge is 0.494 e. The summed E-state index contributed by atoms with van der Waals surface area (Å²) >= 11 is 0. The number of hydrogen-bond donors (Lipinski definition) is 0. The molecular formula is C40H78O7. The van der Waals surface area contributed by atoms with E-state index >= 15 is 0 Å². The van der Waals surface area contributed by atoms with Crippen molar-refractivity contribution in [2.24, 2.45) is 0 Å². The van der Waals surface area contributed by atoms with Gasteiger partial charge in [0.05, 0.1) is 39.6 Å². The van der Waals surface area contributed by atoms with Gasteiger partial charge in [0.15, 0.2) is 11.5 Å². The lowest BCUT2D eigenvalue weighted by atomic mass is 10.1. The van der Waals surface area contributed by atoms with E-state index in [1.54, 1.807) is 0 Å². The molecule has 2 unspecified atom stereocenters. The van der Waals surface area contributed by atoms with Gasteiger partial charge >= 0.3 is 0 Å². The summed E-state index contributed by atoms with van der Waals surface area (Å²) in [7, 11) is 0. The first-order valence-corrected chi connectivity index (χ1v) is 19.9. The first-order valence-electron chi connectivity index (χ1n) is 19.9. The summed E-state index contributed by atoms with van der Waals surface area (Å²) in [5.74, 6) is 2.95. The third-order valence-electron chi connectivity index (χ3n) is 7.66. The first kappa shape index (κ1) is 45.6. The van der Waals surface area contributed by atoms with Crippen molar-refractivity contribution in [3.05, 3.63) is 23.0 Å². The molecule has 0 spiro atoms. The number of unbranched alkanes of at least 4 members (excludes halogenated alkanes) is 10. The Morgan fingerprint density at radius 1 is 0.340 bits per heavy atom. The molecule has 0 aliphatic heterocycles. The Bertz CT molecular complexity index is 676. The van der Waals surface area contributed by atoms with Gasteiger partial charge in [-0.3, -0.25) is 0 Å². The second kappa shape index (κ2) is 34.4. The van der Waals surface area contributed by atoms with Crippen LogP contribution in [0.4, 0.5) is 0 Å². The minimum absolute atomic E-state index is 0.556. The van der Waals surface area contributed by atoms with E-state index in [2.05, 4.69) is 55.4 Å². The van der Waals surface area contributed by atoms with Gasteiger partial charge in [-0.25, -0.2) is 0 Å². The molecule has 0 aliphatic rings. The lowest BCUT2D eigenvalue weighted by Gasteiger charge is -2.30. The Morgan fingerprint density at radius 2 is 0.681 bits per heavy atom. The van der Waals surface area contributed by atoms with Crippen LogP contribution < -0.4 is 0 Å². The zero-order valence-corrected chi connectivity index (χ0v) is 32.4. The predicted molar refractivity (Wildman–Crippen MR) is 196 cm³/mol. The molecule has 0 radical (unpaired) electrons. The van der Waals surface area contributed by atoms with Gasteiger partial charge in [0, 0.05) is 12.8 Å². The van der Waals surface area contributed by atoms with Gasteiger partial charge in [-0.1, -0.05) is 120 Å². The summed E-state index contributed by atoms with van der Waals surface area (Å²) in [6, 6.07) is 0. The SMILES string of the molecule is CCCCCCOC(OC(OCCCCCC)C(OCCC)=C(CCCCC)OCCC)C(OCCC)=C(CCCCC)OCCC. The molecule has 7 heteroatoms. The highest BCUT2D eigenvalue weighted by Crippen LogP contribution is 2.29. The third-order valence-corrected chi connectivity index (χ3v) is 7.66. The fraction of sp³-hybridized carbons (Fsp3) is 0.900. The molecule has 0 amide bonds. The van der Waals surface area contributed by atoms with Crippen LogP contribution in [-0.4, -0.2) is 52.2 Å². The molecule has 0 N–H and O–H groups in total. The Kier molecular flexibility index (Phi) is 33.4. The quantitative estimate of drug-likeness (QED) is 0.0373. The van der Waals surface area contributed by atoms with Gasteiger partial charge in [-0.15, -0.1) is 0 Å². The van der Waals surface area contributed by atoms with E-state index in [1.165, 1.54) is 25.7 Å².